The van der Waals surface area contributed by atoms with Gasteiger partial charge in [0, 0.05) is 55.1 Å². The van der Waals surface area contributed by atoms with Crippen molar-refractivity contribution in [1.29, 1.82) is 0 Å². The fraction of sp³-hybridized carbons (Fsp3) is 0.438. The maximum Gasteiger partial charge on any atom is 0.161 e. The van der Waals surface area contributed by atoms with E-state index in [4.69, 9.17) is 5.73 Å². The maximum absolute atomic E-state index is 14.0. The van der Waals surface area contributed by atoms with Crippen LogP contribution < -0.4 is 11.1 Å². The Bertz CT molecular complexity index is 742. The third-order valence-corrected chi connectivity index (χ3v) is 4.97. The van der Waals surface area contributed by atoms with Crippen LogP contribution in [-0.2, 0) is 13.1 Å². The third-order valence-electron chi connectivity index (χ3n) is 4.97. The first-order chi connectivity index (χ1) is 11.5. The smallest absolute Gasteiger partial charge is 0.161 e. The number of nitrogens with two attached hydrogens (primary N) is 1. The zero-order valence-electron chi connectivity index (χ0n) is 12.9. The van der Waals surface area contributed by atoms with Crippen molar-refractivity contribution in [3.05, 3.63) is 52.6 Å². The molecule has 2 aliphatic heterocycles. The number of hydrogen-bond acceptors (Lipinski definition) is 4. The Morgan fingerprint density at radius 3 is 2.67 bits per heavy atom. The number of nitrogens with one attached hydrogen (secondary N) is 2. The average Bonchev–Trinajstić information content (AvgIpc) is 3.13. The first-order valence-corrected chi connectivity index (χ1v) is 7.92. The Kier molecular flexibility index (Phi) is 3.82. The summed E-state index contributed by atoms with van der Waals surface area (Å²) in [5, 5.41) is 10.3. The highest BCUT2D eigenvalue weighted by molar-refractivity contribution is 5.26. The van der Waals surface area contributed by atoms with Crippen molar-refractivity contribution in [2.45, 2.75) is 37.6 Å². The Hall–Kier alpha value is -1.90. The molecule has 1 aromatic heterocycles. The van der Waals surface area contributed by atoms with Gasteiger partial charge in [-0.15, -0.1) is 0 Å². The summed E-state index contributed by atoms with van der Waals surface area (Å²) >= 11 is 0. The van der Waals surface area contributed by atoms with E-state index >= 15 is 0 Å². The molecule has 8 heteroatoms. The van der Waals surface area contributed by atoms with Crippen LogP contribution in [0.25, 0.3) is 0 Å². The lowest BCUT2D eigenvalue weighted by atomic mass is 9.89. The van der Waals surface area contributed by atoms with Gasteiger partial charge in [-0.3, -0.25) is 10.00 Å². The molecule has 1 fully saturated rings. The van der Waals surface area contributed by atoms with Gasteiger partial charge in [0.15, 0.2) is 11.6 Å². The van der Waals surface area contributed by atoms with Crippen LogP contribution in [0.1, 0.15) is 29.3 Å². The summed E-state index contributed by atoms with van der Waals surface area (Å²) in [7, 11) is 0. The fourth-order valence-electron chi connectivity index (χ4n) is 3.69. The van der Waals surface area contributed by atoms with Crippen molar-refractivity contribution >= 4 is 0 Å². The fourth-order valence-corrected chi connectivity index (χ4v) is 3.69. The second-order valence-corrected chi connectivity index (χ2v) is 6.49. The molecule has 24 heavy (non-hydrogen) atoms. The van der Waals surface area contributed by atoms with E-state index in [0.717, 1.165) is 24.8 Å². The summed E-state index contributed by atoms with van der Waals surface area (Å²) in [6, 6.07) is 0.742. The third kappa shape index (κ3) is 2.60. The van der Waals surface area contributed by atoms with Crippen LogP contribution >= 0.6 is 0 Å². The second kappa shape index (κ2) is 5.87. The highest BCUT2D eigenvalue weighted by atomic mass is 19.2. The van der Waals surface area contributed by atoms with Crippen molar-refractivity contribution in [2.75, 3.05) is 6.54 Å². The Balaban J connectivity index is 1.47. The van der Waals surface area contributed by atoms with Gasteiger partial charge in [0.2, 0.25) is 0 Å². The molecule has 0 aliphatic carbocycles. The molecule has 3 atom stereocenters. The maximum atomic E-state index is 14.0. The van der Waals surface area contributed by atoms with Gasteiger partial charge in [-0.2, -0.15) is 5.10 Å². The number of aromatic amines is 1. The molecule has 5 nitrogen and oxygen atoms in total. The number of fused-ring (bicyclic) bond motifs is 1. The molecule has 128 valence electrons. The molecular weight excluding hydrogens is 319 g/mol. The predicted molar refractivity (Wildman–Crippen MR) is 81.3 cm³/mol. The van der Waals surface area contributed by atoms with Crippen molar-refractivity contribution in [3.63, 3.8) is 0 Å². The van der Waals surface area contributed by atoms with Crippen LogP contribution in [0, 0.1) is 17.5 Å². The first-order valence-electron chi connectivity index (χ1n) is 7.92. The SMILES string of the molecule is N[C@H]1C[C@@H](N2Cc3c[nH]nc3C2)CNC1c1cc(F)c(F)cc1F. The molecule has 0 bridgehead atoms. The van der Waals surface area contributed by atoms with Crippen LogP contribution in [0.2, 0.25) is 0 Å². The minimum Gasteiger partial charge on any atom is -0.326 e. The predicted octanol–water partition coefficient (Wildman–Crippen LogP) is 1.57. The Morgan fingerprint density at radius 2 is 1.92 bits per heavy atom. The second-order valence-electron chi connectivity index (χ2n) is 6.49. The number of H-pyrrole nitrogens is 1. The van der Waals surface area contributed by atoms with Gasteiger partial charge in [0.05, 0.1) is 11.7 Å². The standard InChI is InChI=1S/C16H18F3N5/c17-11-3-13(19)12(18)2-10(11)16-14(20)1-9(5-21-16)24-6-8-4-22-23-15(8)7-24/h2-4,9,14,16,21H,1,5-7,20H2,(H,22,23)/t9-,14+,16?/m1/s1. The van der Waals surface area contributed by atoms with Crippen LogP contribution in [0.5, 0.6) is 0 Å². The zero-order chi connectivity index (χ0) is 16.8. The highest BCUT2D eigenvalue weighted by Crippen LogP contribution is 2.31. The zero-order valence-corrected chi connectivity index (χ0v) is 12.9. The molecule has 1 saturated heterocycles. The minimum atomic E-state index is -1.19. The molecular formula is C16H18F3N5. The van der Waals surface area contributed by atoms with Crippen LogP contribution in [0.3, 0.4) is 0 Å². The van der Waals surface area contributed by atoms with Crippen LogP contribution in [-0.4, -0.2) is 33.7 Å². The van der Waals surface area contributed by atoms with Gasteiger partial charge in [-0.1, -0.05) is 0 Å². The van der Waals surface area contributed by atoms with E-state index < -0.39 is 29.5 Å². The molecule has 1 unspecified atom stereocenters. The lowest BCUT2D eigenvalue weighted by Crippen LogP contribution is -2.54. The molecule has 0 radical (unpaired) electrons. The van der Waals surface area contributed by atoms with Gasteiger partial charge in [0.25, 0.3) is 0 Å². The molecule has 4 N–H and O–H groups in total. The number of piperidine rings is 1. The van der Waals surface area contributed by atoms with Crippen molar-refractivity contribution in [1.82, 2.24) is 20.4 Å². The summed E-state index contributed by atoms with van der Waals surface area (Å²) in [5.41, 5.74) is 8.51. The van der Waals surface area contributed by atoms with E-state index in [1.165, 1.54) is 5.56 Å². The first kappa shape index (κ1) is 15.6. The van der Waals surface area contributed by atoms with Gasteiger partial charge >= 0.3 is 0 Å². The molecule has 0 spiro atoms. The van der Waals surface area contributed by atoms with E-state index in [2.05, 4.69) is 20.4 Å². The summed E-state index contributed by atoms with van der Waals surface area (Å²) in [5.74, 6) is -3.03. The minimum absolute atomic E-state index is 0.0782. The number of halogens is 3. The number of hydrogen-bond donors (Lipinski definition) is 3. The largest absolute Gasteiger partial charge is 0.326 e. The number of benzene rings is 1. The lowest BCUT2D eigenvalue weighted by molar-refractivity contribution is 0.137. The normalized spacial score (nSPS) is 27.4. The molecule has 4 rings (SSSR count). The van der Waals surface area contributed by atoms with Crippen molar-refractivity contribution < 1.29 is 13.2 Å². The van der Waals surface area contributed by atoms with Crippen molar-refractivity contribution in [2.24, 2.45) is 5.73 Å². The Labute approximate surface area is 137 Å². The highest BCUT2D eigenvalue weighted by Gasteiger charge is 2.36. The monoisotopic (exact) mass is 337 g/mol. The summed E-state index contributed by atoms with van der Waals surface area (Å²) < 4.78 is 40.6. The van der Waals surface area contributed by atoms with E-state index in [1.807, 2.05) is 6.20 Å². The average molecular weight is 337 g/mol. The molecule has 1 aromatic carbocycles. The summed E-state index contributed by atoms with van der Waals surface area (Å²) in [6.07, 6.45) is 2.54. The van der Waals surface area contributed by atoms with E-state index in [-0.39, 0.29) is 11.6 Å². The topological polar surface area (TPSA) is 70.0 Å². The Morgan fingerprint density at radius 1 is 1.12 bits per heavy atom. The lowest BCUT2D eigenvalue weighted by Gasteiger charge is -2.39. The van der Waals surface area contributed by atoms with E-state index in [0.29, 0.717) is 19.0 Å². The van der Waals surface area contributed by atoms with Gasteiger partial charge in [-0.25, -0.2) is 13.2 Å². The molecule has 2 aromatic rings. The van der Waals surface area contributed by atoms with Crippen LogP contribution in [0.15, 0.2) is 18.3 Å². The van der Waals surface area contributed by atoms with Gasteiger partial charge < -0.3 is 11.1 Å². The quantitative estimate of drug-likeness (QED) is 0.728. The summed E-state index contributed by atoms with van der Waals surface area (Å²) in [6.45, 7) is 2.15. The van der Waals surface area contributed by atoms with Crippen LogP contribution in [0.4, 0.5) is 13.2 Å². The van der Waals surface area contributed by atoms with Gasteiger partial charge in [-0.05, 0) is 12.5 Å². The van der Waals surface area contributed by atoms with Crippen molar-refractivity contribution in [3.8, 4) is 0 Å². The molecule has 0 amide bonds. The molecule has 3 heterocycles. The number of aromatic nitrogens is 2. The van der Waals surface area contributed by atoms with Gasteiger partial charge in [0.1, 0.15) is 5.82 Å². The molecule has 0 saturated carbocycles. The number of rotatable bonds is 2. The number of nitrogens with zero attached hydrogens (tertiary/aromatic N) is 2. The summed E-state index contributed by atoms with van der Waals surface area (Å²) in [4.78, 5) is 2.27. The molecule has 2 aliphatic rings. The van der Waals surface area contributed by atoms with E-state index in [1.54, 1.807) is 0 Å². The van der Waals surface area contributed by atoms with E-state index in [9.17, 15) is 13.2 Å².